The fourth-order valence-electron chi connectivity index (χ4n) is 0.469. The van der Waals surface area contributed by atoms with Gasteiger partial charge in [-0.3, -0.25) is 4.79 Å². The summed E-state index contributed by atoms with van der Waals surface area (Å²) >= 11 is 5.38. The van der Waals surface area contributed by atoms with E-state index in [0.29, 0.717) is 0 Å². The molecule has 1 aromatic rings. The number of alkyl halides is 3. The molecule has 0 amide bonds. The Morgan fingerprint density at radius 3 is 2.38 bits per heavy atom. The van der Waals surface area contributed by atoms with E-state index in [9.17, 15) is 26.4 Å². The standard InChI is InChI=1S/C4ClF3N2O4S2/c5-2-1(11)3(10-15-9-2)14-16(12,13)4(6,7)8. The Morgan fingerprint density at radius 1 is 1.31 bits per heavy atom. The molecule has 0 aliphatic carbocycles. The van der Waals surface area contributed by atoms with E-state index in [0.717, 1.165) is 0 Å². The first-order valence-corrected chi connectivity index (χ1v) is 5.70. The van der Waals surface area contributed by atoms with Gasteiger partial charge >= 0.3 is 15.6 Å². The van der Waals surface area contributed by atoms with Gasteiger partial charge in [0.05, 0.1) is 11.7 Å². The minimum Gasteiger partial charge on any atom is -0.350 e. The minimum atomic E-state index is -5.93. The average Bonchev–Trinajstić information content (AvgIpc) is 2.11. The van der Waals surface area contributed by atoms with E-state index < -0.39 is 32.1 Å². The number of halogens is 4. The first-order chi connectivity index (χ1) is 7.15. The van der Waals surface area contributed by atoms with Crippen molar-refractivity contribution in [2.45, 2.75) is 5.51 Å². The summed E-state index contributed by atoms with van der Waals surface area (Å²) < 4.78 is 66.2. The summed E-state index contributed by atoms with van der Waals surface area (Å²) in [5.74, 6) is -1.29. The lowest BCUT2D eigenvalue weighted by molar-refractivity contribution is -0.0501. The summed E-state index contributed by atoms with van der Waals surface area (Å²) in [6.07, 6.45) is 0. The Hall–Kier alpha value is -0.940. The van der Waals surface area contributed by atoms with Gasteiger partial charge in [0.25, 0.3) is 11.3 Å². The molecule has 0 aliphatic heterocycles. The second-order valence-electron chi connectivity index (χ2n) is 2.17. The molecular weight excluding hydrogens is 297 g/mol. The second-order valence-corrected chi connectivity index (χ2v) is 4.60. The molecule has 0 fully saturated rings. The van der Waals surface area contributed by atoms with Crippen LogP contribution in [0.25, 0.3) is 0 Å². The fraction of sp³-hybridized carbons (Fsp3) is 0.250. The van der Waals surface area contributed by atoms with E-state index >= 15 is 0 Å². The molecule has 0 unspecified atom stereocenters. The highest BCUT2D eigenvalue weighted by atomic mass is 35.5. The van der Waals surface area contributed by atoms with Crippen LogP contribution in [0.2, 0.25) is 5.15 Å². The van der Waals surface area contributed by atoms with Crippen LogP contribution in [-0.4, -0.2) is 22.7 Å². The molecule has 0 N–H and O–H groups in total. The molecule has 12 heteroatoms. The Labute approximate surface area is 95.1 Å². The molecule has 90 valence electrons. The summed E-state index contributed by atoms with van der Waals surface area (Å²) in [7, 11) is -5.93. The van der Waals surface area contributed by atoms with Gasteiger partial charge in [-0.15, -0.1) is 4.37 Å². The Kier molecular flexibility index (Phi) is 3.40. The molecule has 0 saturated heterocycles. The fourth-order valence-corrected chi connectivity index (χ4v) is 1.49. The predicted molar refractivity (Wildman–Crippen MR) is 46.8 cm³/mol. The summed E-state index contributed by atoms with van der Waals surface area (Å²) in [6, 6.07) is 0. The highest BCUT2D eigenvalue weighted by Crippen LogP contribution is 2.25. The van der Waals surface area contributed by atoms with Crippen molar-refractivity contribution in [1.82, 2.24) is 8.75 Å². The number of nitrogens with zero attached hydrogens (tertiary/aromatic N) is 2. The lowest BCUT2D eigenvalue weighted by Gasteiger charge is -2.06. The smallest absolute Gasteiger partial charge is 0.350 e. The van der Waals surface area contributed by atoms with E-state index in [2.05, 4.69) is 12.9 Å². The molecule has 0 saturated carbocycles. The van der Waals surface area contributed by atoms with Gasteiger partial charge in [0.2, 0.25) is 0 Å². The van der Waals surface area contributed by atoms with Crippen LogP contribution in [-0.2, 0) is 10.1 Å². The average molecular weight is 297 g/mol. The van der Waals surface area contributed by atoms with Crippen LogP contribution in [0.15, 0.2) is 4.79 Å². The molecule has 6 nitrogen and oxygen atoms in total. The molecule has 0 bridgehead atoms. The summed E-state index contributed by atoms with van der Waals surface area (Å²) in [5.41, 5.74) is -6.99. The highest BCUT2D eigenvalue weighted by molar-refractivity contribution is 7.87. The van der Waals surface area contributed by atoms with Crippen molar-refractivity contribution >= 4 is 33.4 Å². The molecule has 1 heterocycles. The first-order valence-electron chi connectivity index (χ1n) is 3.18. The predicted octanol–water partition coefficient (Wildman–Crippen LogP) is 0.780. The monoisotopic (exact) mass is 296 g/mol. The normalized spacial score (nSPS) is 12.5. The second kappa shape index (κ2) is 4.14. The van der Waals surface area contributed by atoms with Gasteiger partial charge in [0, 0.05) is 0 Å². The molecule has 16 heavy (non-hydrogen) atoms. The van der Waals surface area contributed by atoms with Crippen LogP contribution in [0.1, 0.15) is 0 Å². The summed E-state index contributed by atoms with van der Waals surface area (Å²) in [6.45, 7) is 0. The van der Waals surface area contributed by atoms with Crippen molar-refractivity contribution in [2.24, 2.45) is 0 Å². The molecular formula is C4ClF3N2O4S2. The van der Waals surface area contributed by atoms with Gasteiger partial charge in [-0.2, -0.15) is 26.0 Å². The number of hydrogen-bond donors (Lipinski definition) is 0. The van der Waals surface area contributed by atoms with Gasteiger partial charge in [-0.05, 0) is 0 Å². The highest BCUT2D eigenvalue weighted by Gasteiger charge is 2.49. The SMILES string of the molecule is O=c1c(Cl)nsnc1OS(=O)(=O)C(F)(F)F. The molecule has 0 aromatic carbocycles. The zero-order valence-electron chi connectivity index (χ0n) is 6.86. The maximum absolute atomic E-state index is 11.9. The van der Waals surface area contributed by atoms with Crippen LogP contribution >= 0.6 is 23.3 Å². The number of aromatic nitrogens is 2. The lowest BCUT2D eigenvalue weighted by atomic mass is 10.6. The Bertz CT molecular complexity index is 553. The number of hydrogen-bond acceptors (Lipinski definition) is 7. The van der Waals surface area contributed by atoms with Crippen LogP contribution in [0.4, 0.5) is 13.2 Å². The Balaban J connectivity index is 3.18. The zero-order valence-corrected chi connectivity index (χ0v) is 9.24. The first kappa shape index (κ1) is 13.1. The number of rotatable bonds is 2. The van der Waals surface area contributed by atoms with Gasteiger partial charge in [0.1, 0.15) is 0 Å². The van der Waals surface area contributed by atoms with Crippen molar-refractivity contribution in [3.05, 3.63) is 15.4 Å². The minimum absolute atomic E-state index is 0.233. The van der Waals surface area contributed by atoms with Gasteiger partial charge in [0.15, 0.2) is 5.15 Å². The van der Waals surface area contributed by atoms with Crippen LogP contribution in [0, 0.1) is 0 Å². The van der Waals surface area contributed by atoms with Crippen LogP contribution in [0.3, 0.4) is 0 Å². The van der Waals surface area contributed by atoms with E-state index in [1.54, 1.807) is 0 Å². The summed E-state index contributed by atoms with van der Waals surface area (Å²) in [4.78, 5) is 11.0. The van der Waals surface area contributed by atoms with Crippen molar-refractivity contribution < 1.29 is 25.8 Å². The zero-order chi connectivity index (χ0) is 12.6. The largest absolute Gasteiger partial charge is 0.534 e. The van der Waals surface area contributed by atoms with Crippen molar-refractivity contribution in [3.63, 3.8) is 0 Å². The molecule has 0 atom stereocenters. The van der Waals surface area contributed by atoms with E-state index in [4.69, 9.17) is 11.6 Å². The Morgan fingerprint density at radius 2 is 1.88 bits per heavy atom. The lowest BCUT2D eigenvalue weighted by Crippen LogP contribution is -2.30. The van der Waals surface area contributed by atoms with E-state index in [1.165, 1.54) is 0 Å². The molecule has 1 aromatic heterocycles. The third-order valence-electron chi connectivity index (χ3n) is 1.10. The topological polar surface area (TPSA) is 86.2 Å². The van der Waals surface area contributed by atoms with E-state index in [1.807, 2.05) is 0 Å². The van der Waals surface area contributed by atoms with Crippen molar-refractivity contribution in [1.29, 1.82) is 0 Å². The summed E-state index contributed by atoms with van der Waals surface area (Å²) in [5, 5.41) is -0.729. The maximum atomic E-state index is 11.9. The maximum Gasteiger partial charge on any atom is 0.534 e. The van der Waals surface area contributed by atoms with Crippen molar-refractivity contribution in [2.75, 3.05) is 0 Å². The quantitative estimate of drug-likeness (QED) is 0.592. The third-order valence-corrected chi connectivity index (χ3v) is 2.91. The van der Waals surface area contributed by atoms with Gasteiger partial charge < -0.3 is 4.18 Å². The molecule has 0 radical (unpaired) electrons. The van der Waals surface area contributed by atoms with Crippen molar-refractivity contribution in [3.8, 4) is 5.88 Å². The third kappa shape index (κ3) is 2.59. The van der Waals surface area contributed by atoms with E-state index in [-0.39, 0.29) is 11.7 Å². The van der Waals surface area contributed by atoms with Gasteiger partial charge in [-0.25, -0.2) is 0 Å². The van der Waals surface area contributed by atoms with Crippen LogP contribution in [0.5, 0.6) is 5.88 Å². The molecule has 0 spiro atoms. The van der Waals surface area contributed by atoms with Crippen LogP contribution < -0.4 is 9.61 Å². The van der Waals surface area contributed by atoms with Gasteiger partial charge in [-0.1, -0.05) is 11.6 Å². The molecule has 0 aliphatic rings. The molecule has 1 rings (SSSR count).